The minimum Gasteiger partial charge on any atom is -0.392 e. The number of benzene rings is 1. The van der Waals surface area contributed by atoms with Gasteiger partial charge in [-0.3, -0.25) is 0 Å². The van der Waals surface area contributed by atoms with Gasteiger partial charge in [-0.25, -0.2) is 4.79 Å². The molecule has 1 aromatic carbocycles. The van der Waals surface area contributed by atoms with Crippen molar-refractivity contribution in [2.45, 2.75) is 13.0 Å². The van der Waals surface area contributed by atoms with Gasteiger partial charge in [-0.05, 0) is 25.1 Å². The summed E-state index contributed by atoms with van der Waals surface area (Å²) in [5.74, 6) is 0. The second-order valence-corrected chi connectivity index (χ2v) is 4.64. The molecule has 0 saturated carbocycles. The second-order valence-electron chi connectivity index (χ2n) is 3.35. The Labute approximate surface area is 114 Å². The number of amides is 2. The van der Waals surface area contributed by atoms with Gasteiger partial charge in [0.25, 0.3) is 0 Å². The van der Waals surface area contributed by atoms with Crippen molar-refractivity contribution in [3.05, 3.63) is 28.2 Å². The topological polar surface area (TPSA) is 67.2 Å². The van der Waals surface area contributed by atoms with Crippen LogP contribution in [0.3, 0.4) is 0 Å². The molecule has 1 aromatic rings. The Morgan fingerprint density at radius 2 is 2.06 bits per heavy atom. The van der Waals surface area contributed by atoms with Crippen LogP contribution in [0.5, 0.6) is 0 Å². The fourth-order valence-corrected chi connectivity index (χ4v) is 1.37. The predicted octanol–water partition coefficient (Wildman–Crippen LogP) is 2.79. The van der Waals surface area contributed by atoms with Gasteiger partial charge in [-0.2, -0.15) is 0 Å². The van der Waals surface area contributed by atoms with E-state index >= 15 is 0 Å². The predicted molar refractivity (Wildman–Crippen MR) is 74.9 cm³/mol. The molecule has 0 aliphatic carbocycles. The van der Waals surface area contributed by atoms with E-state index in [1.54, 1.807) is 25.1 Å². The maximum Gasteiger partial charge on any atom is 0.319 e. The van der Waals surface area contributed by atoms with E-state index in [2.05, 4.69) is 10.6 Å². The van der Waals surface area contributed by atoms with Crippen molar-refractivity contribution in [3.8, 4) is 0 Å². The number of carbonyl (C=O) groups excluding carboxylic acids is 1. The maximum atomic E-state index is 11.5. The van der Waals surface area contributed by atoms with Crippen molar-refractivity contribution in [2.75, 3.05) is 5.32 Å². The first kappa shape index (κ1) is 14.0. The summed E-state index contributed by atoms with van der Waals surface area (Å²) in [6, 6.07) is 3.99. The number of rotatable bonds is 3. The molecule has 0 saturated heterocycles. The molecule has 92 valence electrons. The summed E-state index contributed by atoms with van der Waals surface area (Å²) in [6.07, 6.45) is 0. The number of anilines is 1. The Kier molecular flexibility index (Phi) is 4.99. The van der Waals surface area contributed by atoms with Gasteiger partial charge < -0.3 is 16.4 Å². The molecular formula is C10H11Cl2N3OS. The Morgan fingerprint density at radius 3 is 2.59 bits per heavy atom. The minimum absolute atomic E-state index is 0.217. The van der Waals surface area contributed by atoms with Crippen molar-refractivity contribution < 1.29 is 4.79 Å². The van der Waals surface area contributed by atoms with Crippen LogP contribution in [0.25, 0.3) is 0 Å². The normalized spacial score (nSPS) is 11.7. The van der Waals surface area contributed by atoms with E-state index in [1.807, 2.05) is 0 Å². The highest BCUT2D eigenvalue weighted by Crippen LogP contribution is 2.24. The van der Waals surface area contributed by atoms with Crippen molar-refractivity contribution in [1.29, 1.82) is 0 Å². The molecule has 1 atom stereocenters. The zero-order valence-electron chi connectivity index (χ0n) is 8.96. The van der Waals surface area contributed by atoms with Crippen LogP contribution in [-0.2, 0) is 0 Å². The summed E-state index contributed by atoms with van der Waals surface area (Å²) in [6.45, 7) is 1.69. The third-order valence-electron chi connectivity index (χ3n) is 1.95. The number of thiocarbonyl (C=S) groups is 1. The van der Waals surface area contributed by atoms with Crippen molar-refractivity contribution in [2.24, 2.45) is 5.73 Å². The summed E-state index contributed by atoms with van der Waals surface area (Å²) < 4.78 is 0. The Bertz CT molecular complexity index is 453. The lowest BCUT2D eigenvalue weighted by molar-refractivity contribution is 0.251. The van der Waals surface area contributed by atoms with Crippen LogP contribution in [-0.4, -0.2) is 17.1 Å². The van der Waals surface area contributed by atoms with Crippen LogP contribution in [0.2, 0.25) is 10.0 Å². The second kappa shape index (κ2) is 6.05. The number of hydrogen-bond acceptors (Lipinski definition) is 2. The fourth-order valence-electron chi connectivity index (χ4n) is 1.01. The standard InChI is InChI=1S/C10H11Cl2N3OS/c1-5(9(13)17)14-10(16)15-6-2-3-7(11)8(12)4-6/h2-5H,1H3,(H2,13,17)(H2,14,15,16). The molecule has 7 heteroatoms. The molecule has 4 N–H and O–H groups in total. The fraction of sp³-hybridized carbons (Fsp3) is 0.200. The third-order valence-corrected chi connectivity index (χ3v) is 3.04. The van der Waals surface area contributed by atoms with E-state index < -0.39 is 6.03 Å². The van der Waals surface area contributed by atoms with Gasteiger partial charge in [0.15, 0.2) is 0 Å². The summed E-state index contributed by atoms with van der Waals surface area (Å²) in [4.78, 5) is 11.7. The first-order chi connectivity index (χ1) is 7.90. The quantitative estimate of drug-likeness (QED) is 0.750. The van der Waals surface area contributed by atoms with Crippen molar-refractivity contribution in [1.82, 2.24) is 5.32 Å². The van der Waals surface area contributed by atoms with Crippen LogP contribution < -0.4 is 16.4 Å². The lowest BCUT2D eigenvalue weighted by Crippen LogP contribution is -2.43. The van der Waals surface area contributed by atoms with E-state index in [4.69, 9.17) is 41.2 Å². The van der Waals surface area contributed by atoms with Crippen molar-refractivity contribution in [3.63, 3.8) is 0 Å². The number of urea groups is 1. The van der Waals surface area contributed by atoms with E-state index in [0.29, 0.717) is 15.7 Å². The van der Waals surface area contributed by atoms with Crippen LogP contribution in [0.1, 0.15) is 6.92 Å². The molecule has 0 fully saturated rings. The molecule has 0 aromatic heterocycles. The molecule has 0 bridgehead atoms. The lowest BCUT2D eigenvalue weighted by atomic mass is 10.3. The Balaban J connectivity index is 2.62. The monoisotopic (exact) mass is 291 g/mol. The van der Waals surface area contributed by atoms with Gasteiger partial charge in [0, 0.05) is 5.69 Å². The van der Waals surface area contributed by atoms with Crippen LogP contribution in [0, 0.1) is 0 Å². The van der Waals surface area contributed by atoms with E-state index in [9.17, 15) is 4.79 Å². The highest BCUT2D eigenvalue weighted by atomic mass is 35.5. The van der Waals surface area contributed by atoms with Gasteiger partial charge in [0.1, 0.15) is 0 Å². The number of nitrogens with one attached hydrogen (secondary N) is 2. The van der Waals surface area contributed by atoms with Gasteiger partial charge in [-0.15, -0.1) is 0 Å². The van der Waals surface area contributed by atoms with Crippen LogP contribution in [0.4, 0.5) is 10.5 Å². The molecule has 0 aliphatic rings. The number of halogens is 2. The molecule has 0 aliphatic heterocycles. The van der Waals surface area contributed by atoms with Gasteiger partial charge in [0.2, 0.25) is 0 Å². The summed E-state index contributed by atoms with van der Waals surface area (Å²) in [5.41, 5.74) is 5.91. The molecular weight excluding hydrogens is 281 g/mol. The van der Waals surface area contributed by atoms with E-state index in [-0.39, 0.29) is 11.0 Å². The van der Waals surface area contributed by atoms with Crippen molar-refractivity contribution >= 4 is 52.1 Å². The van der Waals surface area contributed by atoms with E-state index in [1.165, 1.54) is 0 Å². The molecule has 1 unspecified atom stereocenters. The summed E-state index contributed by atoms with van der Waals surface area (Å²) in [5, 5.41) is 5.95. The Hall–Kier alpha value is -1.04. The third kappa shape index (κ3) is 4.38. The molecule has 17 heavy (non-hydrogen) atoms. The SMILES string of the molecule is CC(NC(=O)Nc1ccc(Cl)c(Cl)c1)C(N)=S. The molecule has 0 heterocycles. The average molecular weight is 292 g/mol. The smallest absolute Gasteiger partial charge is 0.319 e. The van der Waals surface area contributed by atoms with Crippen LogP contribution >= 0.6 is 35.4 Å². The molecule has 1 rings (SSSR count). The number of nitrogens with two attached hydrogens (primary N) is 1. The molecule has 2 amide bonds. The lowest BCUT2D eigenvalue weighted by Gasteiger charge is -2.13. The highest BCUT2D eigenvalue weighted by Gasteiger charge is 2.09. The average Bonchev–Trinajstić information content (AvgIpc) is 2.23. The van der Waals surface area contributed by atoms with Gasteiger partial charge in [0.05, 0.1) is 21.1 Å². The first-order valence-corrected chi connectivity index (χ1v) is 5.88. The maximum absolute atomic E-state index is 11.5. The zero-order valence-corrected chi connectivity index (χ0v) is 11.3. The molecule has 0 spiro atoms. The van der Waals surface area contributed by atoms with Gasteiger partial charge in [-0.1, -0.05) is 35.4 Å². The number of carbonyl (C=O) groups is 1. The largest absolute Gasteiger partial charge is 0.392 e. The molecule has 0 radical (unpaired) electrons. The Morgan fingerprint density at radius 1 is 1.41 bits per heavy atom. The number of hydrogen-bond donors (Lipinski definition) is 3. The minimum atomic E-state index is -0.413. The molecule has 4 nitrogen and oxygen atoms in total. The summed E-state index contributed by atoms with van der Waals surface area (Å²) in [7, 11) is 0. The van der Waals surface area contributed by atoms with E-state index in [0.717, 1.165) is 0 Å². The van der Waals surface area contributed by atoms with Crippen LogP contribution in [0.15, 0.2) is 18.2 Å². The first-order valence-electron chi connectivity index (χ1n) is 4.72. The van der Waals surface area contributed by atoms with Gasteiger partial charge >= 0.3 is 6.03 Å². The zero-order chi connectivity index (χ0) is 13.0. The highest BCUT2D eigenvalue weighted by molar-refractivity contribution is 7.80. The summed E-state index contributed by atoms with van der Waals surface area (Å²) >= 11 is 16.3.